The summed E-state index contributed by atoms with van der Waals surface area (Å²) >= 11 is 0. The van der Waals surface area contributed by atoms with Crippen LogP contribution in [0.2, 0.25) is 0 Å². The molecule has 0 saturated carbocycles. The molecule has 1 aliphatic heterocycles. The average Bonchev–Trinajstić information content (AvgIpc) is 2.89. The van der Waals surface area contributed by atoms with Gasteiger partial charge in [0.15, 0.2) is 0 Å². The van der Waals surface area contributed by atoms with Crippen LogP contribution in [0.3, 0.4) is 0 Å². The molecule has 1 amide bonds. The zero-order chi connectivity index (χ0) is 15.7. The van der Waals surface area contributed by atoms with Crippen molar-refractivity contribution in [3.8, 4) is 11.5 Å². The van der Waals surface area contributed by atoms with Crippen LogP contribution in [-0.2, 0) is 4.79 Å². The van der Waals surface area contributed by atoms with Crippen molar-refractivity contribution in [1.82, 2.24) is 0 Å². The summed E-state index contributed by atoms with van der Waals surface area (Å²) in [7, 11) is 3.23. The van der Waals surface area contributed by atoms with E-state index in [0.29, 0.717) is 11.3 Å². The number of methoxy groups -OCH3 is 2. The molecule has 1 heterocycles. The summed E-state index contributed by atoms with van der Waals surface area (Å²) in [6.45, 7) is 1.92. The summed E-state index contributed by atoms with van der Waals surface area (Å²) in [5.74, 6) is 1.34. The molecule has 0 fully saturated rings. The van der Waals surface area contributed by atoms with E-state index in [1.54, 1.807) is 14.2 Å². The summed E-state index contributed by atoms with van der Waals surface area (Å²) in [5, 5.41) is 2.90. The van der Waals surface area contributed by atoms with Gasteiger partial charge in [0.25, 0.3) is 5.91 Å². The highest BCUT2D eigenvalue weighted by atomic mass is 16.5. The number of rotatable bonds is 3. The van der Waals surface area contributed by atoms with Gasteiger partial charge in [0, 0.05) is 16.8 Å². The number of ether oxygens (including phenoxy) is 2. The van der Waals surface area contributed by atoms with Crippen LogP contribution in [0.25, 0.3) is 11.1 Å². The van der Waals surface area contributed by atoms with Crippen LogP contribution in [-0.4, -0.2) is 20.1 Å². The van der Waals surface area contributed by atoms with Crippen molar-refractivity contribution in [2.45, 2.75) is 6.92 Å². The summed E-state index contributed by atoms with van der Waals surface area (Å²) < 4.78 is 10.7. The Balaban J connectivity index is 2.22. The standard InChI is InChI=1S/C18H17NO3/c1-11(14-10-12(21-2)8-9-16(14)22-3)17-13-6-4-5-7-15(13)19-18(17)20/h4-10H,1-3H3,(H,19,20). The third kappa shape index (κ3) is 2.22. The lowest BCUT2D eigenvalue weighted by Gasteiger charge is -2.12. The van der Waals surface area contributed by atoms with Gasteiger partial charge in [0.1, 0.15) is 11.5 Å². The van der Waals surface area contributed by atoms with E-state index >= 15 is 0 Å². The van der Waals surface area contributed by atoms with Crippen molar-refractivity contribution in [2.24, 2.45) is 0 Å². The molecule has 3 rings (SSSR count). The van der Waals surface area contributed by atoms with Crippen molar-refractivity contribution in [3.63, 3.8) is 0 Å². The minimum absolute atomic E-state index is 0.0939. The van der Waals surface area contributed by atoms with Crippen LogP contribution in [0.4, 0.5) is 5.69 Å². The smallest absolute Gasteiger partial charge is 0.256 e. The fourth-order valence-corrected chi connectivity index (χ4v) is 2.73. The number of anilines is 1. The van der Waals surface area contributed by atoms with Gasteiger partial charge in [0.2, 0.25) is 0 Å². The predicted octanol–water partition coefficient (Wildman–Crippen LogP) is 3.59. The van der Waals surface area contributed by atoms with Crippen LogP contribution in [0.5, 0.6) is 11.5 Å². The molecule has 22 heavy (non-hydrogen) atoms. The Morgan fingerprint density at radius 3 is 2.55 bits per heavy atom. The summed E-state index contributed by atoms with van der Waals surface area (Å²) in [6, 6.07) is 13.2. The number of nitrogens with one attached hydrogen (secondary N) is 1. The molecule has 1 N–H and O–H groups in total. The van der Waals surface area contributed by atoms with E-state index in [1.165, 1.54) is 0 Å². The Bertz CT molecular complexity index is 778. The first kappa shape index (κ1) is 14.2. The number of benzene rings is 2. The Morgan fingerprint density at radius 2 is 1.82 bits per heavy atom. The summed E-state index contributed by atoms with van der Waals surface area (Å²) in [5.41, 5.74) is 4.13. The fourth-order valence-electron chi connectivity index (χ4n) is 2.73. The second-order valence-electron chi connectivity index (χ2n) is 5.07. The van der Waals surface area contributed by atoms with Gasteiger partial charge >= 0.3 is 0 Å². The van der Waals surface area contributed by atoms with Crippen molar-refractivity contribution in [3.05, 3.63) is 53.6 Å². The van der Waals surface area contributed by atoms with E-state index < -0.39 is 0 Å². The van der Waals surface area contributed by atoms with Gasteiger partial charge in [-0.25, -0.2) is 0 Å². The molecule has 0 unspecified atom stereocenters. The number of amides is 1. The number of fused-ring (bicyclic) bond motifs is 1. The molecule has 0 aromatic heterocycles. The average molecular weight is 295 g/mol. The maximum Gasteiger partial charge on any atom is 0.256 e. The molecule has 112 valence electrons. The highest BCUT2D eigenvalue weighted by Crippen LogP contribution is 2.39. The number of para-hydroxylation sites is 1. The van der Waals surface area contributed by atoms with E-state index in [1.807, 2.05) is 49.4 Å². The van der Waals surface area contributed by atoms with E-state index in [4.69, 9.17) is 9.47 Å². The Kier molecular flexibility index (Phi) is 3.59. The molecular formula is C18H17NO3. The molecule has 0 radical (unpaired) electrons. The van der Waals surface area contributed by atoms with Crippen molar-refractivity contribution >= 4 is 22.7 Å². The third-order valence-corrected chi connectivity index (χ3v) is 3.86. The number of hydrogen-bond donors (Lipinski definition) is 1. The zero-order valence-electron chi connectivity index (χ0n) is 12.8. The molecule has 2 aromatic carbocycles. The van der Waals surface area contributed by atoms with Gasteiger partial charge in [-0.3, -0.25) is 4.79 Å². The lowest BCUT2D eigenvalue weighted by molar-refractivity contribution is -0.110. The first-order valence-electron chi connectivity index (χ1n) is 6.99. The van der Waals surface area contributed by atoms with Crippen LogP contribution >= 0.6 is 0 Å². The largest absolute Gasteiger partial charge is 0.497 e. The van der Waals surface area contributed by atoms with Crippen LogP contribution in [0.15, 0.2) is 42.5 Å². The SMILES string of the molecule is COc1ccc(OC)c(C(C)=C2C(=O)Nc3ccccc32)c1. The number of carbonyl (C=O) groups is 1. The second kappa shape index (κ2) is 5.56. The van der Waals surface area contributed by atoms with Crippen LogP contribution in [0.1, 0.15) is 18.1 Å². The topological polar surface area (TPSA) is 47.6 Å². The minimum Gasteiger partial charge on any atom is -0.497 e. The molecule has 1 aliphatic rings. The van der Waals surface area contributed by atoms with Gasteiger partial charge in [0.05, 0.1) is 19.8 Å². The van der Waals surface area contributed by atoms with E-state index in [9.17, 15) is 4.79 Å². The zero-order valence-corrected chi connectivity index (χ0v) is 12.8. The molecule has 0 aliphatic carbocycles. The van der Waals surface area contributed by atoms with Gasteiger partial charge in [-0.05, 0) is 36.8 Å². The Labute approximate surface area is 129 Å². The fraction of sp³-hybridized carbons (Fsp3) is 0.167. The summed E-state index contributed by atoms with van der Waals surface area (Å²) in [4.78, 5) is 12.4. The molecule has 0 spiro atoms. The number of carbonyl (C=O) groups excluding carboxylic acids is 1. The van der Waals surface area contributed by atoms with E-state index in [0.717, 1.165) is 28.1 Å². The third-order valence-electron chi connectivity index (χ3n) is 3.86. The molecule has 2 aromatic rings. The molecule has 0 saturated heterocycles. The Morgan fingerprint density at radius 1 is 1.05 bits per heavy atom. The quantitative estimate of drug-likeness (QED) is 0.880. The maximum absolute atomic E-state index is 12.4. The Hall–Kier alpha value is -2.75. The van der Waals surface area contributed by atoms with Gasteiger partial charge < -0.3 is 14.8 Å². The number of hydrogen-bond acceptors (Lipinski definition) is 3. The first-order valence-corrected chi connectivity index (χ1v) is 6.99. The minimum atomic E-state index is -0.0939. The summed E-state index contributed by atoms with van der Waals surface area (Å²) in [6.07, 6.45) is 0. The normalized spacial score (nSPS) is 15.1. The van der Waals surface area contributed by atoms with Crippen molar-refractivity contribution < 1.29 is 14.3 Å². The monoisotopic (exact) mass is 295 g/mol. The van der Waals surface area contributed by atoms with Gasteiger partial charge in [-0.2, -0.15) is 0 Å². The molecule has 0 atom stereocenters. The molecule has 4 heteroatoms. The number of allylic oxidation sites excluding steroid dienone is 1. The van der Waals surface area contributed by atoms with Crippen LogP contribution in [0, 0.1) is 0 Å². The maximum atomic E-state index is 12.4. The molecule has 4 nitrogen and oxygen atoms in total. The van der Waals surface area contributed by atoms with Gasteiger partial charge in [-0.15, -0.1) is 0 Å². The van der Waals surface area contributed by atoms with E-state index in [-0.39, 0.29) is 5.91 Å². The van der Waals surface area contributed by atoms with E-state index in [2.05, 4.69) is 5.32 Å². The highest BCUT2D eigenvalue weighted by Gasteiger charge is 2.27. The van der Waals surface area contributed by atoms with Crippen molar-refractivity contribution in [2.75, 3.05) is 19.5 Å². The first-order chi connectivity index (χ1) is 10.7. The lowest BCUT2D eigenvalue weighted by atomic mass is 9.96. The van der Waals surface area contributed by atoms with Crippen LogP contribution < -0.4 is 14.8 Å². The second-order valence-corrected chi connectivity index (χ2v) is 5.07. The predicted molar refractivity (Wildman–Crippen MR) is 87.1 cm³/mol. The molecule has 0 bridgehead atoms. The highest BCUT2D eigenvalue weighted by molar-refractivity contribution is 6.36. The molecular weight excluding hydrogens is 278 g/mol. The lowest BCUT2D eigenvalue weighted by Crippen LogP contribution is -2.05. The van der Waals surface area contributed by atoms with Crippen molar-refractivity contribution in [1.29, 1.82) is 0 Å². The van der Waals surface area contributed by atoms with Gasteiger partial charge in [-0.1, -0.05) is 18.2 Å².